The number of aromatic nitrogens is 2. The van der Waals surface area contributed by atoms with Crippen LogP contribution in [0.4, 0.5) is 13.2 Å². The number of hydrogen-bond donors (Lipinski definition) is 0. The molecule has 1 atom stereocenters. The van der Waals surface area contributed by atoms with E-state index in [0.29, 0.717) is 41.4 Å². The maximum absolute atomic E-state index is 13.5. The smallest absolute Gasteiger partial charge is 0.416 e. The van der Waals surface area contributed by atoms with E-state index in [1.165, 1.54) is 6.07 Å². The SMILES string of the molecule is COc1ccc(CCN(C)C(=O)CC(c2cccc(C(F)(F)F)c2)c2cnc3ccccn23)cc1OC. The molecule has 0 N–H and O–H groups in total. The number of hydrogen-bond acceptors (Lipinski definition) is 4. The number of ether oxygens (including phenoxy) is 2. The standard InChI is InChI=1S/C28H28F3N3O3/c1-33(14-12-19-10-11-24(36-2)25(15-19)37-3)27(35)17-22(20-7-6-8-21(16-20)28(29,30)31)23-18-32-26-9-4-5-13-34(23)26/h4-11,13,15-16,18,22H,12,14,17H2,1-3H3. The Morgan fingerprint density at radius 3 is 2.54 bits per heavy atom. The molecule has 0 saturated heterocycles. The summed E-state index contributed by atoms with van der Waals surface area (Å²) in [4.78, 5) is 19.3. The second kappa shape index (κ2) is 10.9. The second-order valence-corrected chi connectivity index (χ2v) is 8.75. The van der Waals surface area contributed by atoms with E-state index >= 15 is 0 Å². The monoisotopic (exact) mass is 511 g/mol. The Labute approximate surface area is 213 Å². The quantitative estimate of drug-likeness (QED) is 0.294. The molecule has 1 unspecified atom stereocenters. The number of carbonyl (C=O) groups is 1. The highest BCUT2D eigenvalue weighted by molar-refractivity contribution is 5.77. The summed E-state index contributed by atoms with van der Waals surface area (Å²) in [6, 6.07) is 16.2. The van der Waals surface area contributed by atoms with Gasteiger partial charge in [0.2, 0.25) is 5.91 Å². The molecule has 0 aliphatic heterocycles. The minimum absolute atomic E-state index is 0.00751. The summed E-state index contributed by atoms with van der Waals surface area (Å²) in [6.07, 6.45) is -0.500. The highest BCUT2D eigenvalue weighted by atomic mass is 19.4. The molecule has 0 fully saturated rings. The number of imidazole rings is 1. The van der Waals surface area contributed by atoms with Crippen molar-refractivity contribution in [2.75, 3.05) is 27.8 Å². The molecule has 4 rings (SSSR count). The van der Waals surface area contributed by atoms with Crippen LogP contribution in [0.2, 0.25) is 0 Å². The number of fused-ring (bicyclic) bond motifs is 1. The Morgan fingerprint density at radius 2 is 1.81 bits per heavy atom. The zero-order valence-corrected chi connectivity index (χ0v) is 20.8. The van der Waals surface area contributed by atoms with Crippen LogP contribution in [0.3, 0.4) is 0 Å². The number of alkyl halides is 3. The third-order valence-corrected chi connectivity index (χ3v) is 6.41. The molecule has 0 aliphatic carbocycles. The Kier molecular flexibility index (Phi) is 7.71. The van der Waals surface area contributed by atoms with E-state index in [2.05, 4.69) is 4.98 Å². The molecule has 0 bridgehead atoms. The maximum Gasteiger partial charge on any atom is 0.416 e. The first-order chi connectivity index (χ1) is 17.7. The van der Waals surface area contributed by atoms with Crippen molar-refractivity contribution in [2.24, 2.45) is 0 Å². The minimum atomic E-state index is -4.49. The summed E-state index contributed by atoms with van der Waals surface area (Å²) in [6.45, 7) is 0.427. The van der Waals surface area contributed by atoms with Gasteiger partial charge in [0, 0.05) is 38.3 Å². The highest BCUT2D eigenvalue weighted by Crippen LogP contribution is 2.35. The Morgan fingerprint density at radius 1 is 1.03 bits per heavy atom. The fourth-order valence-electron chi connectivity index (χ4n) is 4.32. The van der Waals surface area contributed by atoms with E-state index < -0.39 is 17.7 Å². The van der Waals surface area contributed by atoms with E-state index in [-0.39, 0.29) is 12.3 Å². The van der Waals surface area contributed by atoms with Crippen molar-refractivity contribution < 1.29 is 27.4 Å². The molecule has 194 valence electrons. The lowest BCUT2D eigenvalue weighted by atomic mass is 9.90. The molecule has 1 amide bonds. The third kappa shape index (κ3) is 5.87. The number of benzene rings is 2. The van der Waals surface area contributed by atoms with Crippen LogP contribution in [-0.2, 0) is 17.4 Å². The fraction of sp³-hybridized carbons (Fsp3) is 0.286. The average Bonchev–Trinajstić information content (AvgIpc) is 3.33. The summed E-state index contributed by atoms with van der Waals surface area (Å²) < 4.78 is 52.8. The van der Waals surface area contributed by atoms with E-state index in [0.717, 1.165) is 17.7 Å². The second-order valence-electron chi connectivity index (χ2n) is 8.75. The van der Waals surface area contributed by atoms with E-state index in [1.54, 1.807) is 44.6 Å². The highest BCUT2D eigenvalue weighted by Gasteiger charge is 2.32. The summed E-state index contributed by atoms with van der Waals surface area (Å²) in [5.74, 6) is 0.420. The maximum atomic E-state index is 13.5. The van der Waals surface area contributed by atoms with Gasteiger partial charge in [0.1, 0.15) is 5.65 Å². The molecule has 0 aliphatic rings. The lowest BCUT2D eigenvalue weighted by Gasteiger charge is -2.23. The van der Waals surface area contributed by atoms with Gasteiger partial charge in [-0.3, -0.25) is 4.79 Å². The van der Waals surface area contributed by atoms with Gasteiger partial charge in [-0.1, -0.05) is 30.3 Å². The number of amides is 1. The predicted octanol–water partition coefficient (Wildman–Crippen LogP) is 5.59. The Balaban J connectivity index is 1.58. The Bertz CT molecular complexity index is 1380. The lowest BCUT2D eigenvalue weighted by Crippen LogP contribution is -2.30. The van der Waals surface area contributed by atoms with Gasteiger partial charge in [-0.2, -0.15) is 13.2 Å². The number of likely N-dealkylation sites (N-methyl/N-ethyl adjacent to an activating group) is 1. The van der Waals surface area contributed by atoms with Crippen LogP contribution < -0.4 is 9.47 Å². The molecule has 37 heavy (non-hydrogen) atoms. The summed E-state index contributed by atoms with van der Waals surface area (Å²) in [5, 5.41) is 0. The number of carbonyl (C=O) groups excluding carboxylic acids is 1. The van der Waals surface area contributed by atoms with Crippen molar-refractivity contribution in [3.05, 3.63) is 95.4 Å². The zero-order valence-electron chi connectivity index (χ0n) is 20.8. The lowest BCUT2D eigenvalue weighted by molar-refractivity contribution is -0.137. The van der Waals surface area contributed by atoms with Crippen molar-refractivity contribution in [2.45, 2.75) is 24.9 Å². The first kappa shape index (κ1) is 26.1. The van der Waals surface area contributed by atoms with Crippen molar-refractivity contribution in [1.29, 1.82) is 0 Å². The molecule has 6 nitrogen and oxygen atoms in total. The first-order valence-electron chi connectivity index (χ1n) is 11.7. The normalized spacial score (nSPS) is 12.4. The first-order valence-corrected chi connectivity index (χ1v) is 11.7. The molecule has 2 aromatic carbocycles. The van der Waals surface area contributed by atoms with Crippen molar-refractivity contribution in [3.63, 3.8) is 0 Å². The molecule has 0 radical (unpaired) electrons. The minimum Gasteiger partial charge on any atom is -0.493 e. The topological polar surface area (TPSA) is 56.1 Å². The summed E-state index contributed by atoms with van der Waals surface area (Å²) in [5.41, 5.74) is 1.93. The molecular weight excluding hydrogens is 483 g/mol. The van der Waals surface area contributed by atoms with E-state index in [4.69, 9.17) is 9.47 Å². The largest absolute Gasteiger partial charge is 0.493 e. The van der Waals surface area contributed by atoms with Crippen LogP contribution in [0.5, 0.6) is 11.5 Å². The van der Waals surface area contributed by atoms with E-state index in [1.807, 2.05) is 40.8 Å². The van der Waals surface area contributed by atoms with Crippen LogP contribution in [0.1, 0.15) is 34.7 Å². The fourth-order valence-corrected chi connectivity index (χ4v) is 4.32. The van der Waals surface area contributed by atoms with Crippen molar-refractivity contribution >= 4 is 11.6 Å². The van der Waals surface area contributed by atoms with Gasteiger partial charge in [-0.15, -0.1) is 0 Å². The predicted molar refractivity (Wildman–Crippen MR) is 134 cm³/mol. The van der Waals surface area contributed by atoms with Crippen molar-refractivity contribution in [3.8, 4) is 11.5 Å². The summed E-state index contributed by atoms with van der Waals surface area (Å²) in [7, 11) is 4.82. The molecule has 9 heteroatoms. The van der Waals surface area contributed by atoms with Crippen LogP contribution in [0.15, 0.2) is 73.1 Å². The van der Waals surface area contributed by atoms with Crippen LogP contribution in [-0.4, -0.2) is 48.0 Å². The van der Waals surface area contributed by atoms with Gasteiger partial charge < -0.3 is 18.8 Å². The number of halogens is 3. The average molecular weight is 512 g/mol. The third-order valence-electron chi connectivity index (χ3n) is 6.41. The number of pyridine rings is 1. The van der Waals surface area contributed by atoms with Gasteiger partial charge in [0.25, 0.3) is 0 Å². The Hall–Kier alpha value is -4.01. The number of methoxy groups -OCH3 is 2. The molecule has 0 saturated carbocycles. The van der Waals surface area contributed by atoms with Gasteiger partial charge in [-0.05, 0) is 47.9 Å². The van der Waals surface area contributed by atoms with Gasteiger partial charge in [0.05, 0.1) is 25.5 Å². The zero-order chi connectivity index (χ0) is 26.6. The van der Waals surface area contributed by atoms with E-state index in [9.17, 15) is 18.0 Å². The summed E-state index contributed by atoms with van der Waals surface area (Å²) >= 11 is 0. The number of nitrogens with zero attached hydrogens (tertiary/aromatic N) is 3. The van der Waals surface area contributed by atoms with Gasteiger partial charge >= 0.3 is 6.18 Å². The van der Waals surface area contributed by atoms with Crippen molar-refractivity contribution in [1.82, 2.24) is 14.3 Å². The van der Waals surface area contributed by atoms with Gasteiger partial charge in [-0.25, -0.2) is 4.98 Å². The van der Waals surface area contributed by atoms with Gasteiger partial charge in [0.15, 0.2) is 11.5 Å². The molecule has 4 aromatic rings. The number of rotatable bonds is 9. The molecule has 0 spiro atoms. The van der Waals surface area contributed by atoms with Crippen LogP contribution in [0, 0.1) is 0 Å². The molecule has 2 heterocycles. The molecular formula is C28H28F3N3O3. The molecule has 2 aromatic heterocycles. The van der Waals surface area contributed by atoms with Crippen LogP contribution in [0.25, 0.3) is 5.65 Å². The van der Waals surface area contributed by atoms with Crippen LogP contribution >= 0.6 is 0 Å².